The zero-order valence-electron chi connectivity index (χ0n) is 15.4. The van der Waals surface area contributed by atoms with Crippen molar-refractivity contribution >= 4 is 11.8 Å². The van der Waals surface area contributed by atoms with Gasteiger partial charge in [-0.3, -0.25) is 9.59 Å². The first-order chi connectivity index (χ1) is 12.0. The Labute approximate surface area is 153 Å². The standard InChI is InChI=1S/C18H28O8/c1-9(2)12(6-13(20)10(3)4)7-25-18-17(23)16(22)15(21)14(26-18)8-24-11(5)19/h12,14-18,21-23H,1,3,6-8H2,2,4-5H3. The molecule has 0 amide bonds. The van der Waals surface area contributed by atoms with Gasteiger partial charge in [0.25, 0.3) is 0 Å². The summed E-state index contributed by atoms with van der Waals surface area (Å²) in [7, 11) is 0. The molecule has 0 aromatic rings. The number of aliphatic hydroxyl groups is 3. The molecule has 8 heteroatoms. The highest BCUT2D eigenvalue weighted by Crippen LogP contribution is 2.24. The third-order valence-electron chi connectivity index (χ3n) is 4.19. The second-order valence-corrected chi connectivity index (χ2v) is 6.60. The van der Waals surface area contributed by atoms with Gasteiger partial charge in [0.05, 0.1) is 6.61 Å². The topological polar surface area (TPSA) is 123 Å². The molecule has 1 fully saturated rings. The predicted octanol–water partition coefficient (Wildman–Crippen LogP) is 0.101. The lowest BCUT2D eigenvalue weighted by Crippen LogP contribution is -2.59. The lowest BCUT2D eigenvalue weighted by molar-refractivity contribution is -0.303. The van der Waals surface area contributed by atoms with E-state index in [0.717, 1.165) is 0 Å². The van der Waals surface area contributed by atoms with Crippen LogP contribution in [0.4, 0.5) is 0 Å². The minimum Gasteiger partial charge on any atom is -0.463 e. The first-order valence-electron chi connectivity index (χ1n) is 8.33. The summed E-state index contributed by atoms with van der Waals surface area (Å²) >= 11 is 0. The Hall–Kier alpha value is -1.58. The maximum atomic E-state index is 11.9. The zero-order valence-corrected chi connectivity index (χ0v) is 15.4. The van der Waals surface area contributed by atoms with Gasteiger partial charge in [-0.2, -0.15) is 0 Å². The van der Waals surface area contributed by atoms with Crippen LogP contribution in [0.3, 0.4) is 0 Å². The van der Waals surface area contributed by atoms with Crippen LogP contribution in [0.2, 0.25) is 0 Å². The summed E-state index contributed by atoms with van der Waals surface area (Å²) in [4.78, 5) is 22.8. The van der Waals surface area contributed by atoms with Gasteiger partial charge in [0.1, 0.15) is 31.0 Å². The average Bonchev–Trinajstić information content (AvgIpc) is 2.56. The minimum absolute atomic E-state index is 0.0131. The smallest absolute Gasteiger partial charge is 0.302 e. The Balaban J connectivity index is 2.72. The monoisotopic (exact) mass is 372 g/mol. The Kier molecular flexibility index (Phi) is 8.58. The van der Waals surface area contributed by atoms with Gasteiger partial charge in [-0.15, -0.1) is 0 Å². The van der Waals surface area contributed by atoms with Gasteiger partial charge >= 0.3 is 5.97 Å². The van der Waals surface area contributed by atoms with Crippen molar-refractivity contribution in [2.75, 3.05) is 13.2 Å². The molecule has 0 spiro atoms. The van der Waals surface area contributed by atoms with Crippen LogP contribution in [-0.4, -0.2) is 71.0 Å². The molecule has 0 aliphatic carbocycles. The number of esters is 1. The van der Waals surface area contributed by atoms with Gasteiger partial charge in [0.2, 0.25) is 0 Å². The molecule has 1 aliphatic rings. The lowest BCUT2D eigenvalue weighted by atomic mass is 9.94. The van der Waals surface area contributed by atoms with Crippen molar-refractivity contribution in [2.24, 2.45) is 5.92 Å². The van der Waals surface area contributed by atoms with E-state index in [1.165, 1.54) is 6.92 Å². The summed E-state index contributed by atoms with van der Waals surface area (Å²) in [6, 6.07) is 0. The molecule has 3 N–H and O–H groups in total. The fraction of sp³-hybridized carbons (Fsp3) is 0.667. The number of ether oxygens (including phenoxy) is 3. The fourth-order valence-corrected chi connectivity index (χ4v) is 2.38. The molecule has 1 saturated heterocycles. The molecule has 0 saturated carbocycles. The van der Waals surface area contributed by atoms with Crippen LogP contribution in [0.5, 0.6) is 0 Å². The molecular weight excluding hydrogens is 344 g/mol. The minimum atomic E-state index is -1.53. The number of hydrogen-bond donors (Lipinski definition) is 3. The molecule has 1 heterocycles. The maximum Gasteiger partial charge on any atom is 0.302 e. The van der Waals surface area contributed by atoms with Gasteiger partial charge in [0.15, 0.2) is 12.1 Å². The van der Waals surface area contributed by atoms with Crippen molar-refractivity contribution in [3.8, 4) is 0 Å². The van der Waals surface area contributed by atoms with E-state index in [9.17, 15) is 24.9 Å². The van der Waals surface area contributed by atoms with Gasteiger partial charge in [-0.1, -0.05) is 18.7 Å². The molecule has 6 atom stereocenters. The van der Waals surface area contributed by atoms with E-state index in [4.69, 9.17) is 14.2 Å². The zero-order chi connectivity index (χ0) is 20.0. The van der Waals surface area contributed by atoms with Gasteiger partial charge < -0.3 is 29.5 Å². The summed E-state index contributed by atoms with van der Waals surface area (Å²) < 4.78 is 15.7. The van der Waals surface area contributed by atoms with Crippen molar-refractivity contribution in [2.45, 2.75) is 57.9 Å². The molecule has 0 aromatic heterocycles. The second-order valence-electron chi connectivity index (χ2n) is 6.60. The van der Waals surface area contributed by atoms with Crippen LogP contribution in [0.1, 0.15) is 27.2 Å². The first kappa shape index (κ1) is 22.5. The summed E-state index contributed by atoms with van der Waals surface area (Å²) in [5.41, 5.74) is 1.13. The number of allylic oxidation sites excluding steroid dienone is 1. The molecule has 148 valence electrons. The van der Waals surface area contributed by atoms with Crippen molar-refractivity contribution in [3.05, 3.63) is 24.3 Å². The number of ketones is 1. The van der Waals surface area contributed by atoms with Crippen molar-refractivity contribution < 1.29 is 39.1 Å². The number of carbonyl (C=O) groups excluding carboxylic acids is 2. The van der Waals surface area contributed by atoms with Gasteiger partial charge in [-0.25, -0.2) is 0 Å². The van der Waals surface area contributed by atoms with Crippen LogP contribution >= 0.6 is 0 Å². The van der Waals surface area contributed by atoms with Gasteiger partial charge in [0, 0.05) is 19.3 Å². The normalized spacial score (nSPS) is 29.7. The molecule has 0 radical (unpaired) electrons. The number of rotatable bonds is 9. The van der Waals surface area contributed by atoms with E-state index in [1.807, 2.05) is 0 Å². The Morgan fingerprint density at radius 2 is 1.69 bits per heavy atom. The molecule has 0 bridgehead atoms. The van der Waals surface area contributed by atoms with Crippen LogP contribution in [0.25, 0.3) is 0 Å². The van der Waals surface area contributed by atoms with Gasteiger partial charge in [-0.05, 0) is 19.4 Å². The van der Waals surface area contributed by atoms with Crippen LogP contribution in [0.15, 0.2) is 24.3 Å². The molecular formula is C18H28O8. The third kappa shape index (κ3) is 6.30. The van der Waals surface area contributed by atoms with Crippen molar-refractivity contribution in [1.29, 1.82) is 0 Å². The van der Waals surface area contributed by atoms with Crippen LogP contribution in [0, 0.1) is 5.92 Å². The largest absolute Gasteiger partial charge is 0.463 e. The van der Waals surface area contributed by atoms with Crippen LogP contribution < -0.4 is 0 Å². The maximum absolute atomic E-state index is 11.9. The van der Waals surface area contributed by atoms with Crippen molar-refractivity contribution in [1.82, 2.24) is 0 Å². The number of hydrogen-bond acceptors (Lipinski definition) is 8. The lowest BCUT2D eigenvalue weighted by Gasteiger charge is -2.40. The molecule has 1 rings (SSSR count). The summed E-state index contributed by atoms with van der Waals surface area (Å²) in [6.07, 6.45) is -6.63. The number of carbonyl (C=O) groups is 2. The molecule has 1 aliphatic heterocycles. The first-order valence-corrected chi connectivity index (χ1v) is 8.33. The highest BCUT2D eigenvalue weighted by atomic mass is 16.7. The number of aliphatic hydroxyl groups excluding tert-OH is 3. The molecule has 8 nitrogen and oxygen atoms in total. The van der Waals surface area contributed by atoms with E-state index < -0.39 is 36.7 Å². The van der Waals surface area contributed by atoms with E-state index >= 15 is 0 Å². The van der Waals surface area contributed by atoms with E-state index in [0.29, 0.717) is 11.1 Å². The SMILES string of the molecule is C=C(C)C(=O)CC(COC1OC(COC(C)=O)C(O)C(O)C1O)C(=C)C. The quantitative estimate of drug-likeness (QED) is 0.296. The van der Waals surface area contributed by atoms with E-state index in [1.54, 1.807) is 13.8 Å². The molecule has 6 unspecified atom stereocenters. The van der Waals surface area contributed by atoms with Crippen molar-refractivity contribution in [3.63, 3.8) is 0 Å². The second kappa shape index (κ2) is 9.94. The van der Waals surface area contributed by atoms with Crippen LogP contribution in [-0.2, 0) is 23.8 Å². The Morgan fingerprint density at radius 1 is 1.08 bits per heavy atom. The summed E-state index contributed by atoms with van der Waals surface area (Å²) in [5, 5.41) is 29.9. The van der Waals surface area contributed by atoms with E-state index in [-0.39, 0.29) is 31.3 Å². The summed E-state index contributed by atoms with van der Waals surface area (Å²) in [6.45, 7) is 11.7. The Morgan fingerprint density at radius 3 is 2.19 bits per heavy atom. The highest BCUT2D eigenvalue weighted by molar-refractivity contribution is 5.94. The average molecular weight is 372 g/mol. The Bertz CT molecular complexity index is 543. The molecule has 0 aromatic carbocycles. The third-order valence-corrected chi connectivity index (χ3v) is 4.19. The summed E-state index contributed by atoms with van der Waals surface area (Å²) in [5.74, 6) is -1.03. The molecule has 26 heavy (non-hydrogen) atoms. The highest BCUT2D eigenvalue weighted by Gasteiger charge is 2.44. The predicted molar refractivity (Wildman–Crippen MR) is 92.0 cm³/mol. The fourth-order valence-electron chi connectivity index (χ4n) is 2.38. The van der Waals surface area contributed by atoms with E-state index in [2.05, 4.69) is 13.2 Å². The number of Topliss-reactive ketones (excluding diaryl/α,β-unsaturated/α-hetero) is 1.